The van der Waals surface area contributed by atoms with Crippen LogP contribution in [0.3, 0.4) is 0 Å². The van der Waals surface area contributed by atoms with Crippen molar-refractivity contribution in [2.24, 2.45) is 0 Å². The molecule has 12 heavy (non-hydrogen) atoms. The molecular formula is C10H20OS. The number of aliphatic hydroxyl groups is 1. The predicted octanol–water partition coefficient (Wildman–Crippen LogP) is 2.82. The van der Waals surface area contributed by atoms with Crippen LogP contribution in [0.15, 0.2) is 0 Å². The van der Waals surface area contributed by atoms with Gasteiger partial charge < -0.3 is 5.11 Å². The third-order valence-corrected chi connectivity index (χ3v) is 3.81. The highest BCUT2D eigenvalue weighted by molar-refractivity contribution is 7.99. The van der Waals surface area contributed by atoms with E-state index in [9.17, 15) is 5.11 Å². The first-order valence-electron chi connectivity index (χ1n) is 5.07. The first kappa shape index (κ1) is 10.4. The fraction of sp³-hybridized carbons (Fsp3) is 1.00. The fourth-order valence-electron chi connectivity index (χ4n) is 1.67. The Kier molecular flexibility index (Phi) is 4.44. The molecule has 0 aromatic rings. The van der Waals surface area contributed by atoms with Crippen LogP contribution in [0.1, 0.15) is 45.4 Å². The largest absolute Gasteiger partial charge is 0.389 e. The molecule has 1 aliphatic rings. The summed E-state index contributed by atoms with van der Waals surface area (Å²) in [4.78, 5) is 0. The first-order valence-corrected chi connectivity index (χ1v) is 6.22. The Bertz CT molecular complexity index is 119. The van der Waals surface area contributed by atoms with Crippen LogP contribution in [0.2, 0.25) is 0 Å². The molecule has 1 saturated heterocycles. The molecule has 1 unspecified atom stereocenters. The average Bonchev–Trinajstić information content (AvgIpc) is 2.47. The highest BCUT2D eigenvalue weighted by Gasteiger charge is 2.30. The Morgan fingerprint density at radius 1 is 1.33 bits per heavy atom. The van der Waals surface area contributed by atoms with Crippen LogP contribution in [0.4, 0.5) is 0 Å². The zero-order valence-electron chi connectivity index (χ0n) is 8.01. The lowest BCUT2D eigenvalue weighted by atomic mass is 9.95. The average molecular weight is 188 g/mol. The highest BCUT2D eigenvalue weighted by atomic mass is 32.2. The topological polar surface area (TPSA) is 20.2 Å². The number of hydrogen-bond donors (Lipinski definition) is 1. The summed E-state index contributed by atoms with van der Waals surface area (Å²) in [6.45, 7) is 2.22. The third-order valence-electron chi connectivity index (χ3n) is 2.58. The fourth-order valence-corrected chi connectivity index (χ4v) is 3.01. The van der Waals surface area contributed by atoms with E-state index in [-0.39, 0.29) is 5.60 Å². The predicted molar refractivity (Wildman–Crippen MR) is 55.7 cm³/mol. The van der Waals surface area contributed by atoms with Gasteiger partial charge in [-0.2, -0.15) is 11.8 Å². The Balaban J connectivity index is 2.05. The zero-order chi connectivity index (χ0) is 8.86. The standard InChI is InChI=1S/C10H20OS/c1-2-3-4-5-6-10(11)7-8-12-9-10/h11H,2-9H2,1H3. The maximum absolute atomic E-state index is 9.97. The molecule has 0 radical (unpaired) electrons. The van der Waals surface area contributed by atoms with Gasteiger partial charge in [0.1, 0.15) is 0 Å². The molecule has 0 aromatic carbocycles. The molecule has 1 nitrogen and oxygen atoms in total. The molecule has 2 heteroatoms. The van der Waals surface area contributed by atoms with Gasteiger partial charge >= 0.3 is 0 Å². The summed E-state index contributed by atoms with van der Waals surface area (Å²) in [5, 5.41) is 9.97. The summed E-state index contributed by atoms with van der Waals surface area (Å²) in [5.41, 5.74) is -0.293. The Hall–Kier alpha value is 0.310. The van der Waals surface area contributed by atoms with Gasteiger partial charge in [-0.25, -0.2) is 0 Å². The van der Waals surface area contributed by atoms with Gasteiger partial charge in [-0.05, 0) is 18.6 Å². The van der Waals surface area contributed by atoms with Gasteiger partial charge in [0, 0.05) is 5.75 Å². The van der Waals surface area contributed by atoms with Crippen molar-refractivity contribution in [3.8, 4) is 0 Å². The van der Waals surface area contributed by atoms with Crippen molar-refractivity contribution in [1.82, 2.24) is 0 Å². The number of thioether (sulfide) groups is 1. The summed E-state index contributed by atoms with van der Waals surface area (Å²) < 4.78 is 0. The van der Waals surface area contributed by atoms with Crippen molar-refractivity contribution in [3.63, 3.8) is 0 Å². The summed E-state index contributed by atoms with van der Waals surface area (Å²) in [5.74, 6) is 2.13. The Morgan fingerprint density at radius 3 is 2.75 bits per heavy atom. The van der Waals surface area contributed by atoms with E-state index in [2.05, 4.69) is 6.92 Å². The van der Waals surface area contributed by atoms with E-state index in [0.29, 0.717) is 0 Å². The van der Waals surface area contributed by atoms with E-state index in [1.54, 1.807) is 0 Å². The van der Waals surface area contributed by atoms with Gasteiger partial charge in [-0.3, -0.25) is 0 Å². The van der Waals surface area contributed by atoms with Crippen molar-refractivity contribution >= 4 is 11.8 Å². The van der Waals surface area contributed by atoms with Crippen molar-refractivity contribution in [3.05, 3.63) is 0 Å². The van der Waals surface area contributed by atoms with E-state index in [1.807, 2.05) is 11.8 Å². The lowest BCUT2D eigenvalue weighted by Gasteiger charge is -2.20. The van der Waals surface area contributed by atoms with Crippen LogP contribution in [0, 0.1) is 0 Å². The monoisotopic (exact) mass is 188 g/mol. The Labute approximate surface area is 79.9 Å². The second-order valence-electron chi connectivity index (χ2n) is 3.84. The molecule has 1 atom stereocenters. The molecule has 72 valence electrons. The van der Waals surface area contributed by atoms with Crippen LogP contribution >= 0.6 is 11.8 Å². The van der Waals surface area contributed by atoms with Crippen molar-refractivity contribution in [2.75, 3.05) is 11.5 Å². The number of hydrogen-bond acceptors (Lipinski definition) is 2. The van der Waals surface area contributed by atoms with Crippen LogP contribution in [-0.2, 0) is 0 Å². The van der Waals surface area contributed by atoms with Gasteiger partial charge in [0.2, 0.25) is 0 Å². The molecule has 0 amide bonds. The first-order chi connectivity index (χ1) is 5.77. The maximum Gasteiger partial charge on any atom is 0.0745 e. The molecule has 1 rings (SSSR count). The van der Waals surface area contributed by atoms with E-state index in [1.165, 1.54) is 25.7 Å². The van der Waals surface area contributed by atoms with Gasteiger partial charge in [-0.1, -0.05) is 32.6 Å². The minimum atomic E-state index is -0.293. The number of rotatable bonds is 5. The summed E-state index contributed by atoms with van der Waals surface area (Å²) in [7, 11) is 0. The van der Waals surface area contributed by atoms with Gasteiger partial charge in [0.15, 0.2) is 0 Å². The third kappa shape index (κ3) is 3.36. The van der Waals surface area contributed by atoms with Gasteiger partial charge in [-0.15, -0.1) is 0 Å². The normalized spacial score (nSPS) is 29.5. The van der Waals surface area contributed by atoms with Crippen LogP contribution in [0.5, 0.6) is 0 Å². The maximum atomic E-state index is 9.97. The minimum Gasteiger partial charge on any atom is -0.389 e. The van der Waals surface area contributed by atoms with Crippen molar-refractivity contribution in [1.29, 1.82) is 0 Å². The van der Waals surface area contributed by atoms with Crippen molar-refractivity contribution < 1.29 is 5.11 Å². The van der Waals surface area contributed by atoms with E-state index < -0.39 is 0 Å². The van der Waals surface area contributed by atoms with E-state index in [0.717, 1.165) is 24.3 Å². The summed E-state index contributed by atoms with van der Waals surface area (Å²) >= 11 is 1.89. The second kappa shape index (κ2) is 5.13. The van der Waals surface area contributed by atoms with Crippen LogP contribution in [0.25, 0.3) is 0 Å². The molecular weight excluding hydrogens is 168 g/mol. The quantitative estimate of drug-likeness (QED) is 0.669. The molecule has 0 aliphatic carbocycles. The minimum absolute atomic E-state index is 0.293. The summed E-state index contributed by atoms with van der Waals surface area (Å²) in [6, 6.07) is 0. The molecule has 1 fully saturated rings. The van der Waals surface area contributed by atoms with Gasteiger partial charge in [0.05, 0.1) is 5.60 Å². The summed E-state index contributed by atoms with van der Waals surface area (Å²) in [6.07, 6.45) is 7.16. The molecule has 0 saturated carbocycles. The molecule has 0 bridgehead atoms. The number of unbranched alkanes of at least 4 members (excludes halogenated alkanes) is 3. The Morgan fingerprint density at radius 2 is 2.17 bits per heavy atom. The highest BCUT2D eigenvalue weighted by Crippen LogP contribution is 2.32. The SMILES string of the molecule is CCCCCCC1(O)CCSC1. The molecule has 1 N–H and O–H groups in total. The molecule has 0 aromatic heterocycles. The lowest BCUT2D eigenvalue weighted by Crippen LogP contribution is -2.27. The lowest BCUT2D eigenvalue weighted by molar-refractivity contribution is 0.0561. The van der Waals surface area contributed by atoms with Crippen molar-refractivity contribution in [2.45, 2.75) is 51.0 Å². The van der Waals surface area contributed by atoms with Gasteiger partial charge in [0.25, 0.3) is 0 Å². The van der Waals surface area contributed by atoms with Crippen LogP contribution < -0.4 is 0 Å². The van der Waals surface area contributed by atoms with E-state index in [4.69, 9.17) is 0 Å². The van der Waals surface area contributed by atoms with E-state index >= 15 is 0 Å². The smallest absolute Gasteiger partial charge is 0.0745 e. The second-order valence-corrected chi connectivity index (χ2v) is 4.94. The molecule has 1 heterocycles. The van der Waals surface area contributed by atoms with Crippen LogP contribution in [-0.4, -0.2) is 22.2 Å². The zero-order valence-corrected chi connectivity index (χ0v) is 8.83. The molecule has 1 aliphatic heterocycles. The molecule has 0 spiro atoms.